The van der Waals surface area contributed by atoms with Gasteiger partial charge < -0.3 is 15.0 Å². The Morgan fingerprint density at radius 3 is 2.64 bits per heavy atom. The molecule has 5 aromatic rings. The highest BCUT2D eigenvalue weighted by Crippen LogP contribution is 2.48. The van der Waals surface area contributed by atoms with Crippen molar-refractivity contribution in [3.05, 3.63) is 119 Å². The maximum atomic E-state index is 14.1. The number of amides is 1. The Morgan fingerprint density at radius 1 is 1.09 bits per heavy atom. The first kappa shape index (κ1) is 28.3. The number of allylic oxidation sites excluding steroid dienone is 3. The van der Waals surface area contributed by atoms with Crippen LogP contribution in [-0.4, -0.2) is 40.9 Å². The van der Waals surface area contributed by atoms with Crippen LogP contribution in [0.3, 0.4) is 0 Å². The molecule has 2 aromatic carbocycles. The third-order valence-corrected chi connectivity index (χ3v) is 9.74. The van der Waals surface area contributed by atoms with E-state index in [1.807, 2.05) is 24.4 Å². The lowest BCUT2D eigenvalue weighted by molar-refractivity contribution is 0.0674. The van der Waals surface area contributed by atoms with E-state index in [0.717, 1.165) is 47.0 Å². The van der Waals surface area contributed by atoms with Gasteiger partial charge >= 0.3 is 0 Å². The van der Waals surface area contributed by atoms with Crippen molar-refractivity contribution in [2.75, 3.05) is 0 Å². The van der Waals surface area contributed by atoms with Crippen molar-refractivity contribution in [3.8, 4) is 16.8 Å². The first-order chi connectivity index (χ1) is 21.3. The molecule has 0 fully saturated rings. The smallest absolute Gasteiger partial charge is 0.253 e. The number of fused-ring (bicyclic) bond motifs is 3. The van der Waals surface area contributed by atoms with Gasteiger partial charge in [-0.2, -0.15) is 0 Å². The Labute approximate surface area is 260 Å². The van der Waals surface area contributed by atoms with Gasteiger partial charge in [0.1, 0.15) is 12.7 Å². The van der Waals surface area contributed by atoms with Crippen molar-refractivity contribution in [1.82, 2.24) is 29.6 Å². The molecule has 0 saturated carbocycles. The number of carbonyl (C=O) groups excluding carboxylic acids is 1. The van der Waals surface area contributed by atoms with Crippen molar-refractivity contribution in [2.24, 2.45) is 5.41 Å². The highest BCUT2D eigenvalue weighted by molar-refractivity contribution is 6.34. The average molecular weight is 605 g/mol. The number of hydrogen-bond acceptors (Lipinski definition) is 5. The molecule has 1 aliphatic heterocycles. The molecule has 8 nitrogen and oxygen atoms in total. The summed E-state index contributed by atoms with van der Waals surface area (Å²) in [5.74, 6) is -0.200. The molecule has 1 amide bonds. The van der Waals surface area contributed by atoms with Gasteiger partial charge in [0.05, 0.1) is 28.4 Å². The van der Waals surface area contributed by atoms with Crippen LogP contribution in [0.5, 0.6) is 0 Å². The number of rotatable bonds is 6. The molecule has 0 bridgehead atoms. The molecule has 0 saturated heterocycles. The van der Waals surface area contributed by atoms with Gasteiger partial charge in [-0.05, 0) is 62.6 Å². The lowest BCUT2D eigenvalue weighted by atomic mass is 9.63. The van der Waals surface area contributed by atoms with Gasteiger partial charge in [0.15, 0.2) is 0 Å². The van der Waals surface area contributed by atoms with E-state index in [1.165, 1.54) is 11.3 Å². The molecule has 2 N–H and O–H groups in total. The van der Waals surface area contributed by atoms with Crippen molar-refractivity contribution < 1.29 is 9.90 Å². The largest absolute Gasteiger partial charge is 0.390 e. The number of aliphatic hydroxyl groups is 1. The van der Waals surface area contributed by atoms with Crippen molar-refractivity contribution in [2.45, 2.75) is 51.8 Å². The summed E-state index contributed by atoms with van der Waals surface area (Å²) in [7, 11) is 0. The zero-order chi connectivity index (χ0) is 30.5. The SMILES string of the molecule is Cc1ccc2c(c1)c(-c1ccc(CO)nc1)c1n2C[C@@](NC(=O)c2ccc(-n3cnnc3)cc2Cl)(C2(C)C=CC=CC2)CC1. The number of carbonyl (C=O) groups is 1. The van der Waals surface area contributed by atoms with Gasteiger partial charge in [-0.15, -0.1) is 10.2 Å². The zero-order valence-electron chi connectivity index (χ0n) is 24.7. The molecule has 44 heavy (non-hydrogen) atoms. The van der Waals surface area contributed by atoms with Crippen molar-refractivity contribution >= 4 is 28.4 Å². The molecule has 2 aliphatic rings. The number of halogens is 1. The molecule has 4 heterocycles. The highest BCUT2D eigenvalue weighted by Gasteiger charge is 2.50. The van der Waals surface area contributed by atoms with Crippen LogP contribution in [0, 0.1) is 12.3 Å². The molecule has 222 valence electrons. The van der Waals surface area contributed by atoms with Crippen LogP contribution in [0.15, 0.2) is 91.7 Å². The molecule has 1 aliphatic carbocycles. The highest BCUT2D eigenvalue weighted by atomic mass is 35.5. The summed E-state index contributed by atoms with van der Waals surface area (Å²) >= 11 is 6.72. The van der Waals surface area contributed by atoms with E-state index in [2.05, 4.69) is 81.4 Å². The lowest BCUT2D eigenvalue weighted by Crippen LogP contribution is -2.62. The van der Waals surface area contributed by atoms with Gasteiger partial charge in [0, 0.05) is 51.6 Å². The van der Waals surface area contributed by atoms with Gasteiger partial charge in [0.2, 0.25) is 0 Å². The van der Waals surface area contributed by atoms with E-state index in [4.69, 9.17) is 11.6 Å². The Morgan fingerprint density at radius 2 is 1.93 bits per heavy atom. The average Bonchev–Trinajstić information content (AvgIpc) is 3.68. The minimum atomic E-state index is -0.596. The Balaban J connectivity index is 1.32. The number of pyridine rings is 1. The van der Waals surface area contributed by atoms with E-state index in [1.54, 1.807) is 29.4 Å². The predicted octanol–water partition coefficient (Wildman–Crippen LogP) is 6.38. The minimum Gasteiger partial charge on any atom is -0.390 e. The summed E-state index contributed by atoms with van der Waals surface area (Å²) in [4.78, 5) is 18.6. The third-order valence-electron chi connectivity index (χ3n) is 9.43. The zero-order valence-corrected chi connectivity index (χ0v) is 25.4. The molecule has 7 rings (SSSR count). The Kier molecular flexibility index (Phi) is 6.98. The van der Waals surface area contributed by atoms with E-state index in [0.29, 0.717) is 22.8 Å². The van der Waals surface area contributed by atoms with Crippen LogP contribution in [0.4, 0.5) is 0 Å². The quantitative estimate of drug-likeness (QED) is 0.235. The topological polar surface area (TPSA) is 97.9 Å². The van der Waals surface area contributed by atoms with Crippen molar-refractivity contribution in [3.63, 3.8) is 0 Å². The number of hydrogen-bond donors (Lipinski definition) is 2. The second kappa shape index (κ2) is 10.9. The maximum absolute atomic E-state index is 14.1. The molecular weight excluding hydrogens is 572 g/mol. The van der Waals surface area contributed by atoms with Crippen LogP contribution in [0.25, 0.3) is 27.7 Å². The molecular formula is C35H33ClN6O2. The van der Waals surface area contributed by atoms with Crippen molar-refractivity contribution in [1.29, 1.82) is 0 Å². The number of aromatic nitrogens is 5. The number of aliphatic hydroxyl groups excluding tert-OH is 1. The molecule has 1 unspecified atom stereocenters. The van der Waals surface area contributed by atoms with Crippen LogP contribution >= 0.6 is 11.6 Å². The van der Waals surface area contributed by atoms with E-state index in [9.17, 15) is 9.90 Å². The molecule has 3 aromatic heterocycles. The summed E-state index contributed by atoms with van der Waals surface area (Å²) in [5.41, 5.74) is 6.63. The summed E-state index contributed by atoms with van der Waals surface area (Å²) in [6.45, 7) is 4.85. The predicted molar refractivity (Wildman–Crippen MR) is 172 cm³/mol. The van der Waals surface area contributed by atoms with E-state index < -0.39 is 5.54 Å². The van der Waals surface area contributed by atoms with Crippen LogP contribution in [0.2, 0.25) is 5.02 Å². The summed E-state index contributed by atoms with van der Waals surface area (Å²) in [6, 6.07) is 15.9. The fourth-order valence-corrected chi connectivity index (χ4v) is 7.15. The standard InChI is InChI=1S/C35H33ClN6O2/c1-23-6-11-30-28(16-23)32(24-7-8-25(19-43)37-18-24)31-12-15-35(20-42(30)31,34(2)13-4-3-5-14-34)40-33(44)27-10-9-26(17-29(27)36)41-21-38-39-22-41/h3-11,13,16-18,21-22,43H,12,14-15,19-20H2,1-2H3,(H,40,44)/t34?,35-/m1/s1. The molecule has 2 atom stereocenters. The molecule has 0 radical (unpaired) electrons. The van der Waals surface area contributed by atoms with Gasteiger partial charge in [-0.3, -0.25) is 14.3 Å². The number of nitrogens with zero attached hydrogens (tertiary/aromatic N) is 5. The first-order valence-corrected chi connectivity index (χ1v) is 15.2. The molecule has 0 spiro atoms. The summed E-state index contributed by atoms with van der Waals surface area (Å²) in [6.07, 6.45) is 15.9. The van der Waals surface area contributed by atoms with E-state index in [-0.39, 0.29) is 17.9 Å². The fraction of sp³-hybridized carbons (Fsp3) is 0.257. The normalized spacial score (nSPS) is 21.0. The first-order valence-electron chi connectivity index (χ1n) is 14.8. The number of nitrogens with one attached hydrogen (secondary N) is 1. The number of aryl methyl sites for hydroxylation is 1. The lowest BCUT2D eigenvalue weighted by Gasteiger charge is -2.51. The minimum absolute atomic E-state index is 0.0930. The number of benzene rings is 2. The summed E-state index contributed by atoms with van der Waals surface area (Å²) < 4.78 is 4.14. The summed E-state index contributed by atoms with van der Waals surface area (Å²) in [5, 5.41) is 22.4. The fourth-order valence-electron chi connectivity index (χ4n) is 6.89. The van der Waals surface area contributed by atoms with E-state index >= 15 is 0 Å². The van der Waals surface area contributed by atoms with Crippen LogP contribution in [0.1, 0.15) is 47.1 Å². The second-order valence-electron chi connectivity index (χ2n) is 12.1. The monoisotopic (exact) mass is 604 g/mol. The van der Waals surface area contributed by atoms with Gasteiger partial charge in [0.25, 0.3) is 5.91 Å². The van der Waals surface area contributed by atoms with Gasteiger partial charge in [-0.25, -0.2) is 0 Å². The maximum Gasteiger partial charge on any atom is 0.253 e. The van der Waals surface area contributed by atoms with Crippen LogP contribution < -0.4 is 5.32 Å². The second-order valence-corrected chi connectivity index (χ2v) is 12.5. The molecule has 9 heteroatoms. The Bertz CT molecular complexity index is 1940. The third kappa shape index (κ3) is 4.66. The van der Waals surface area contributed by atoms with Gasteiger partial charge in [-0.1, -0.05) is 60.5 Å². The Hall–Kier alpha value is -4.53. The van der Waals surface area contributed by atoms with Crippen LogP contribution in [-0.2, 0) is 19.6 Å².